The van der Waals surface area contributed by atoms with E-state index in [1.54, 1.807) is 0 Å². The Morgan fingerprint density at radius 3 is 0.761 bits per heavy atom. The van der Waals surface area contributed by atoms with Gasteiger partial charge in [0.2, 0.25) is 0 Å². The average molecular weight is 722 g/mol. The molecule has 0 radical (unpaired) electrons. The van der Waals surface area contributed by atoms with Crippen LogP contribution in [-0.2, 0) is 20.4 Å². The molecule has 0 aromatic heterocycles. The van der Waals surface area contributed by atoms with E-state index in [1.165, 1.54) is 37.4 Å². The van der Waals surface area contributed by atoms with Gasteiger partial charge >= 0.3 is 20.4 Å². The fourth-order valence-corrected chi connectivity index (χ4v) is 9.40. The molecule has 228 valence electrons. The molecule has 0 bridgehead atoms. The van der Waals surface area contributed by atoms with Crippen LogP contribution in [0.25, 0.3) is 0 Å². The van der Waals surface area contributed by atoms with Crippen LogP contribution in [0, 0.1) is 13.0 Å². The van der Waals surface area contributed by atoms with Crippen LogP contribution in [0.15, 0.2) is 206 Å². The first-order valence-corrected chi connectivity index (χ1v) is 17.8. The number of benzene rings is 7. The van der Waals surface area contributed by atoms with Crippen LogP contribution in [0.1, 0.15) is 5.56 Å². The minimum absolute atomic E-state index is 0. The summed E-state index contributed by atoms with van der Waals surface area (Å²) in [6, 6.07) is 75.4. The van der Waals surface area contributed by atoms with Gasteiger partial charge in [-0.2, -0.15) is 36.4 Å². The molecule has 0 nitrogen and oxygen atoms in total. The molecule has 3 heteroatoms. The standard InChI is InChI=1S/C19H17P.C18H15P.C6H5.Pd/c1-16-12-14-19(15-13-16)20(17-8-4-2-5-9-17)18-10-6-3-7-11-18;1-4-10-16(11-5-1)19(17-12-6-2-7-13-17)18-14-8-3-9-15-18;1-2-4-6-5-3-1;/h2-15H,1H3;1-15H;1-5H;/q;;-1;+2. The van der Waals surface area contributed by atoms with Gasteiger partial charge in [0.15, 0.2) is 0 Å². The van der Waals surface area contributed by atoms with E-state index >= 15 is 0 Å². The molecule has 0 atom stereocenters. The first kappa shape index (κ1) is 34.9. The third-order valence-corrected chi connectivity index (χ3v) is 11.9. The predicted molar refractivity (Wildman–Crippen MR) is 200 cm³/mol. The molecule has 7 rings (SSSR count). The maximum absolute atomic E-state index is 2.89. The van der Waals surface area contributed by atoms with E-state index in [9.17, 15) is 0 Å². The van der Waals surface area contributed by atoms with Crippen LogP contribution in [0.4, 0.5) is 0 Å². The summed E-state index contributed by atoms with van der Waals surface area (Å²) in [6.45, 7) is 2.14. The van der Waals surface area contributed by atoms with Crippen molar-refractivity contribution in [3.8, 4) is 0 Å². The minimum atomic E-state index is -0.458. The Morgan fingerprint density at radius 1 is 0.304 bits per heavy atom. The number of rotatable bonds is 6. The minimum Gasteiger partial charge on any atom is -0.184 e. The van der Waals surface area contributed by atoms with Gasteiger partial charge in [0.05, 0.1) is 0 Å². The number of hydrogen-bond acceptors (Lipinski definition) is 0. The van der Waals surface area contributed by atoms with E-state index in [2.05, 4.69) is 189 Å². The largest absolute Gasteiger partial charge is 2.00 e. The van der Waals surface area contributed by atoms with Crippen molar-refractivity contribution in [2.75, 3.05) is 0 Å². The molecular formula is C43H37P2Pd+. The molecule has 46 heavy (non-hydrogen) atoms. The molecule has 0 N–H and O–H groups in total. The second-order valence-electron chi connectivity index (χ2n) is 10.3. The second-order valence-corrected chi connectivity index (χ2v) is 14.7. The Bertz CT molecular complexity index is 1600. The van der Waals surface area contributed by atoms with Crippen molar-refractivity contribution in [3.05, 3.63) is 218 Å². The summed E-state index contributed by atoms with van der Waals surface area (Å²) in [6.07, 6.45) is 0. The van der Waals surface area contributed by atoms with E-state index in [0.29, 0.717) is 0 Å². The topological polar surface area (TPSA) is 0 Å². The van der Waals surface area contributed by atoms with Crippen molar-refractivity contribution in [2.24, 2.45) is 0 Å². The van der Waals surface area contributed by atoms with Crippen molar-refractivity contribution in [2.45, 2.75) is 6.92 Å². The maximum atomic E-state index is 2.89. The Morgan fingerprint density at radius 2 is 0.543 bits per heavy atom. The SMILES string of the molecule is Cc1ccc(P(c2ccccc2)c2ccccc2)cc1.[Pd+2].[c-]1ccccc1.c1ccc(P(c2ccccc2)c2ccccc2)cc1. The van der Waals surface area contributed by atoms with Gasteiger partial charge in [0, 0.05) is 0 Å². The van der Waals surface area contributed by atoms with Gasteiger partial charge in [-0.15, -0.1) is 0 Å². The van der Waals surface area contributed by atoms with Crippen molar-refractivity contribution >= 4 is 47.7 Å². The Hall–Kier alpha value is -3.94. The quantitative estimate of drug-likeness (QED) is 0.0917. The Labute approximate surface area is 291 Å². The van der Waals surface area contributed by atoms with Crippen LogP contribution < -0.4 is 31.8 Å². The van der Waals surface area contributed by atoms with Gasteiger partial charge in [0.25, 0.3) is 0 Å². The van der Waals surface area contributed by atoms with Crippen molar-refractivity contribution in [1.82, 2.24) is 0 Å². The van der Waals surface area contributed by atoms with E-state index < -0.39 is 15.8 Å². The van der Waals surface area contributed by atoms with Gasteiger partial charge in [-0.1, -0.05) is 181 Å². The van der Waals surface area contributed by atoms with Crippen molar-refractivity contribution < 1.29 is 20.4 Å². The molecular weight excluding hydrogens is 685 g/mol. The number of hydrogen-bond donors (Lipinski definition) is 0. The molecule has 7 aromatic rings. The first-order chi connectivity index (χ1) is 22.3. The molecule has 0 saturated heterocycles. The van der Waals surface area contributed by atoms with E-state index in [0.717, 1.165) is 0 Å². The fourth-order valence-electron chi connectivity index (χ4n) is 4.82. The van der Waals surface area contributed by atoms with E-state index in [-0.39, 0.29) is 20.4 Å². The fraction of sp³-hybridized carbons (Fsp3) is 0.0233. The zero-order valence-corrected chi connectivity index (χ0v) is 29.2. The third kappa shape index (κ3) is 10.6. The molecule has 0 heterocycles. The zero-order valence-electron chi connectivity index (χ0n) is 25.8. The van der Waals surface area contributed by atoms with Crippen LogP contribution in [-0.4, -0.2) is 0 Å². The summed E-state index contributed by atoms with van der Waals surface area (Å²) in [7, 11) is -0.904. The molecule has 0 amide bonds. The van der Waals surface area contributed by atoms with Gasteiger partial charge in [-0.05, 0) is 54.6 Å². The van der Waals surface area contributed by atoms with Crippen LogP contribution in [0.2, 0.25) is 0 Å². The Balaban J connectivity index is 0.000000174. The molecule has 0 aliphatic rings. The van der Waals surface area contributed by atoms with Gasteiger partial charge in [-0.25, -0.2) is 0 Å². The van der Waals surface area contributed by atoms with E-state index in [4.69, 9.17) is 0 Å². The maximum Gasteiger partial charge on any atom is 2.00 e. The normalized spacial score (nSPS) is 10.1. The molecule has 7 aromatic carbocycles. The predicted octanol–water partition coefficient (Wildman–Crippen LogP) is 8.68. The van der Waals surface area contributed by atoms with Gasteiger partial charge in [-0.3, -0.25) is 0 Å². The van der Waals surface area contributed by atoms with E-state index in [1.807, 2.05) is 30.3 Å². The Kier molecular flexibility index (Phi) is 14.8. The van der Waals surface area contributed by atoms with Crippen molar-refractivity contribution in [3.63, 3.8) is 0 Å². The smallest absolute Gasteiger partial charge is 0.184 e. The summed E-state index contributed by atoms with van der Waals surface area (Å²) in [4.78, 5) is 0. The third-order valence-electron chi connectivity index (χ3n) is 6.97. The van der Waals surface area contributed by atoms with Crippen molar-refractivity contribution in [1.29, 1.82) is 0 Å². The molecule has 0 aliphatic carbocycles. The monoisotopic (exact) mass is 721 g/mol. The summed E-state index contributed by atoms with van der Waals surface area (Å²) in [5.74, 6) is 0. The van der Waals surface area contributed by atoms with Gasteiger partial charge in [0.1, 0.15) is 0 Å². The average Bonchev–Trinajstić information content (AvgIpc) is 3.13. The van der Waals surface area contributed by atoms with Crippen LogP contribution in [0.3, 0.4) is 0 Å². The summed E-state index contributed by atoms with van der Waals surface area (Å²) >= 11 is 0. The molecule has 0 unspecified atom stereocenters. The molecule has 0 spiro atoms. The van der Waals surface area contributed by atoms with Gasteiger partial charge < -0.3 is 0 Å². The first-order valence-electron chi connectivity index (χ1n) is 15.1. The van der Waals surface area contributed by atoms with Crippen LogP contribution >= 0.6 is 15.8 Å². The zero-order chi connectivity index (χ0) is 30.9. The summed E-state index contributed by atoms with van der Waals surface area (Å²) in [5, 5.41) is 8.40. The summed E-state index contributed by atoms with van der Waals surface area (Å²) < 4.78 is 0. The van der Waals surface area contributed by atoms with Crippen LogP contribution in [0.5, 0.6) is 0 Å². The number of aryl methyl sites for hydroxylation is 1. The molecule has 0 aliphatic heterocycles. The molecule has 0 saturated carbocycles. The second kappa shape index (κ2) is 19.5. The molecule has 0 fully saturated rings. The summed E-state index contributed by atoms with van der Waals surface area (Å²) in [5.41, 5.74) is 1.31.